The molecule has 0 atom stereocenters. The second-order valence-corrected chi connectivity index (χ2v) is 4.09. The summed E-state index contributed by atoms with van der Waals surface area (Å²) in [6.07, 6.45) is 0.707. The number of rotatable bonds is 2. The van der Waals surface area contributed by atoms with Crippen LogP contribution in [0.15, 0.2) is 12.1 Å². The number of amides is 1. The lowest BCUT2D eigenvalue weighted by Gasteiger charge is -2.28. The Morgan fingerprint density at radius 2 is 2.25 bits per heavy atom. The predicted molar refractivity (Wildman–Crippen MR) is 59.8 cm³/mol. The lowest BCUT2D eigenvalue weighted by atomic mass is 9.96. The van der Waals surface area contributed by atoms with E-state index in [1.807, 2.05) is 0 Å². The van der Waals surface area contributed by atoms with Gasteiger partial charge in [-0.2, -0.15) is 0 Å². The van der Waals surface area contributed by atoms with Crippen LogP contribution in [0.1, 0.15) is 21.5 Å². The first-order valence-corrected chi connectivity index (χ1v) is 5.42. The van der Waals surface area contributed by atoms with Crippen LogP contribution in [-0.4, -0.2) is 30.4 Å². The van der Waals surface area contributed by atoms with Crippen LogP contribution in [0.25, 0.3) is 0 Å². The van der Waals surface area contributed by atoms with E-state index in [1.54, 1.807) is 17.9 Å². The quantitative estimate of drug-likeness (QED) is 0.814. The molecule has 2 rings (SSSR count). The summed E-state index contributed by atoms with van der Waals surface area (Å²) < 4.78 is 13.3. The van der Waals surface area contributed by atoms with Crippen molar-refractivity contribution in [1.82, 2.24) is 4.90 Å². The molecule has 0 aliphatic carbocycles. The number of halogens is 1. The average molecular weight is 222 g/mol. The van der Waals surface area contributed by atoms with Gasteiger partial charge in [-0.25, -0.2) is 4.39 Å². The molecule has 16 heavy (non-hydrogen) atoms. The van der Waals surface area contributed by atoms with Gasteiger partial charge >= 0.3 is 0 Å². The third-order valence-corrected chi connectivity index (χ3v) is 2.95. The molecule has 0 aromatic heterocycles. The number of carbonyl (C=O) groups is 1. The zero-order chi connectivity index (χ0) is 11.7. The molecule has 1 amide bonds. The highest BCUT2D eigenvalue weighted by atomic mass is 19.1. The van der Waals surface area contributed by atoms with Gasteiger partial charge in [-0.15, -0.1) is 0 Å². The Hall–Kier alpha value is -1.42. The first kappa shape index (κ1) is 11.1. The maximum absolute atomic E-state index is 13.3. The van der Waals surface area contributed by atoms with Crippen LogP contribution in [-0.2, 0) is 6.42 Å². The fraction of sp³-hybridized carbons (Fsp3) is 0.417. The van der Waals surface area contributed by atoms with Crippen LogP contribution < -0.4 is 5.73 Å². The number of nitrogens with two attached hydrogens (primary N) is 1. The molecule has 86 valence electrons. The minimum atomic E-state index is -0.237. The van der Waals surface area contributed by atoms with Gasteiger partial charge in [0.05, 0.1) is 0 Å². The van der Waals surface area contributed by atoms with Crippen LogP contribution in [0.4, 0.5) is 4.39 Å². The molecule has 2 N–H and O–H groups in total. The molecule has 1 aromatic carbocycles. The molecule has 0 saturated carbocycles. The standard InChI is InChI=1S/C12H15FN2O/c1-8-6-10-9(7-11(8)13)2-4-15(5-3-14)12(10)16/h6-7H,2-5,14H2,1H3. The van der Waals surface area contributed by atoms with Crippen molar-refractivity contribution in [2.45, 2.75) is 13.3 Å². The minimum Gasteiger partial charge on any atom is -0.337 e. The van der Waals surface area contributed by atoms with Gasteiger partial charge < -0.3 is 10.6 Å². The number of carbonyl (C=O) groups excluding carboxylic acids is 1. The van der Waals surface area contributed by atoms with Crippen molar-refractivity contribution < 1.29 is 9.18 Å². The van der Waals surface area contributed by atoms with Gasteiger partial charge in [0.25, 0.3) is 5.91 Å². The molecule has 1 aliphatic heterocycles. The molecule has 0 radical (unpaired) electrons. The van der Waals surface area contributed by atoms with Crippen LogP contribution in [0, 0.1) is 12.7 Å². The van der Waals surface area contributed by atoms with E-state index in [4.69, 9.17) is 5.73 Å². The Labute approximate surface area is 94.0 Å². The van der Waals surface area contributed by atoms with Gasteiger partial charge in [-0.3, -0.25) is 4.79 Å². The fourth-order valence-electron chi connectivity index (χ4n) is 2.03. The number of benzene rings is 1. The summed E-state index contributed by atoms with van der Waals surface area (Å²) >= 11 is 0. The van der Waals surface area contributed by atoms with Crippen molar-refractivity contribution in [3.05, 3.63) is 34.6 Å². The van der Waals surface area contributed by atoms with Crippen molar-refractivity contribution in [2.24, 2.45) is 5.73 Å². The monoisotopic (exact) mass is 222 g/mol. The molecule has 0 saturated heterocycles. The van der Waals surface area contributed by atoms with Gasteiger partial charge in [0.2, 0.25) is 0 Å². The third-order valence-electron chi connectivity index (χ3n) is 2.95. The van der Waals surface area contributed by atoms with Gasteiger partial charge in [-0.05, 0) is 36.6 Å². The Morgan fingerprint density at radius 3 is 2.94 bits per heavy atom. The van der Waals surface area contributed by atoms with Gasteiger partial charge in [0, 0.05) is 25.2 Å². The summed E-state index contributed by atoms with van der Waals surface area (Å²) in [5, 5.41) is 0. The Kier molecular flexibility index (Phi) is 2.92. The van der Waals surface area contributed by atoms with E-state index >= 15 is 0 Å². The van der Waals surface area contributed by atoms with Gasteiger partial charge in [0.15, 0.2) is 0 Å². The normalized spacial score (nSPS) is 15.2. The lowest BCUT2D eigenvalue weighted by Crippen LogP contribution is -2.40. The molecule has 0 bridgehead atoms. The summed E-state index contributed by atoms with van der Waals surface area (Å²) in [6.45, 7) is 3.33. The summed E-state index contributed by atoms with van der Waals surface area (Å²) in [6, 6.07) is 3.11. The molecule has 4 heteroatoms. The molecule has 0 spiro atoms. The van der Waals surface area contributed by atoms with Crippen molar-refractivity contribution in [1.29, 1.82) is 0 Å². The SMILES string of the molecule is Cc1cc2c(cc1F)CCN(CCN)C2=O. The Balaban J connectivity index is 2.37. The van der Waals surface area contributed by atoms with Crippen molar-refractivity contribution in [2.75, 3.05) is 19.6 Å². The van der Waals surface area contributed by atoms with E-state index in [-0.39, 0.29) is 11.7 Å². The number of hydrogen-bond donors (Lipinski definition) is 1. The summed E-state index contributed by atoms with van der Waals surface area (Å²) in [7, 11) is 0. The van der Waals surface area contributed by atoms with Gasteiger partial charge in [-0.1, -0.05) is 0 Å². The maximum atomic E-state index is 13.3. The van der Waals surface area contributed by atoms with E-state index in [9.17, 15) is 9.18 Å². The molecule has 0 fully saturated rings. The summed E-state index contributed by atoms with van der Waals surface area (Å²) in [4.78, 5) is 13.7. The van der Waals surface area contributed by atoms with Gasteiger partial charge in [0.1, 0.15) is 5.82 Å². The zero-order valence-corrected chi connectivity index (χ0v) is 9.29. The number of nitrogens with zero attached hydrogens (tertiary/aromatic N) is 1. The number of hydrogen-bond acceptors (Lipinski definition) is 2. The topological polar surface area (TPSA) is 46.3 Å². The molecular formula is C12H15FN2O. The first-order valence-electron chi connectivity index (χ1n) is 5.42. The van der Waals surface area contributed by atoms with E-state index in [1.165, 1.54) is 6.07 Å². The summed E-state index contributed by atoms with van der Waals surface area (Å²) in [5.74, 6) is -0.270. The van der Waals surface area contributed by atoms with Crippen LogP contribution in [0.2, 0.25) is 0 Å². The van der Waals surface area contributed by atoms with Crippen molar-refractivity contribution in [3.8, 4) is 0 Å². The van der Waals surface area contributed by atoms with Crippen molar-refractivity contribution in [3.63, 3.8) is 0 Å². The highest BCUT2D eigenvalue weighted by molar-refractivity contribution is 5.97. The lowest BCUT2D eigenvalue weighted by molar-refractivity contribution is 0.0744. The third kappa shape index (κ3) is 1.80. The van der Waals surface area contributed by atoms with E-state index in [0.29, 0.717) is 37.2 Å². The second-order valence-electron chi connectivity index (χ2n) is 4.09. The fourth-order valence-corrected chi connectivity index (χ4v) is 2.03. The molecule has 1 aromatic rings. The Morgan fingerprint density at radius 1 is 1.50 bits per heavy atom. The average Bonchev–Trinajstić information content (AvgIpc) is 2.26. The van der Waals surface area contributed by atoms with Crippen LogP contribution >= 0.6 is 0 Å². The second kappa shape index (κ2) is 4.22. The van der Waals surface area contributed by atoms with Crippen molar-refractivity contribution >= 4 is 5.91 Å². The highest BCUT2D eigenvalue weighted by Gasteiger charge is 2.24. The predicted octanol–water partition coefficient (Wildman–Crippen LogP) is 1.09. The van der Waals surface area contributed by atoms with E-state index in [2.05, 4.69) is 0 Å². The van der Waals surface area contributed by atoms with E-state index < -0.39 is 0 Å². The molecule has 3 nitrogen and oxygen atoms in total. The minimum absolute atomic E-state index is 0.0326. The molecular weight excluding hydrogens is 207 g/mol. The summed E-state index contributed by atoms with van der Waals surface area (Å²) in [5.41, 5.74) is 7.39. The zero-order valence-electron chi connectivity index (χ0n) is 9.29. The smallest absolute Gasteiger partial charge is 0.254 e. The Bertz CT molecular complexity index is 431. The largest absolute Gasteiger partial charge is 0.337 e. The maximum Gasteiger partial charge on any atom is 0.254 e. The number of aryl methyl sites for hydroxylation is 1. The molecule has 1 aliphatic rings. The highest BCUT2D eigenvalue weighted by Crippen LogP contribution is 2.22. The molecule has 0 unspecified atom stereocenters. The number of fused-ring (bicyclic) bond motifs is 1. The van der Waals surface area contributed by atoms with E-state index in [0.717, 1.165) is 5.56 Å². The van der Waals surface area contributed by atoms with Crippen LogP contribution in [0.3, 0.4) is 0 Å². The first-order chi connectivity index (χ1) is 7.63. The molecule has 1 heterocycles. The van der Waals surface area contributed by atoms with Crippen LogP contribution in [0.5, 0.6) is 0 Å².